The molecule has 1 N–H and O–H groups in total. The maximum Gasteiger partial charge on any atom is 0.432 e. The van der Waals surface area contributed by atoms with Gasteiger partial charge in [0, 0.05) is 22.3 Å². The SMILES string of the molecule is O=c1ncc(C=Cc2ccc(-c3cccc(Cl)c3)o2)c(C(F)(F)F)[nH]1. The average Bonchev–Trinajstić information content (AvgIpc) is 3.02. The Hall–Kier alpha value is -2.80. The molecule has 0 aliphatic heterocycles. The van der Waals surface area contributed by atoms with Crippen LogP contribution >= 0.6 is 11.6 Å². The summed E-state index contributed by atoms with van der Waals surface area (Å²) in [5, 5.41) is 0.542. The molecule has 1 aromatic carbocycles. The molecule has 0 saturated heterocycles. The van der Waals surface area contributed by atoms with Crippen molar-refractivity contribution >= 4 is 23.8 Å². The van der Waals surface area contributed by atoms with Crippen LogP contribution < -0.4 is 5.69 Å². The van der Waals surface area contributed by atoms with Gasteiger partial charge in [-0.15, -0.1) is 0 Å². The summed E-state index contributed by atoms with van der Waals surface area (Å²) in [5.41, 5.74) is -1.75. The van der Waals surface area contributed by atoms with Crippen molar-refractivity contribution in [2.24, 2.45) is 0 Å². The molecule has 0 radical (unpaired) electrons. The summed E-state index contributed by atoms with van der Waals surface area (Å²) in [7, 11) is 0. The fourth-order valence-electron chi connectivity index (χ4n) is 2.18. The second kappa shape index (κ2) is 6.60. The summed E-state index contributed by atoms with van der Waals surface area (Å²) in [6.07, 6.45) is -1.30. The van der Waals surface area contributed by atoms with Gasteiger partial charge in [0.1, 0.15) is 17.2 Å². The van der Waals surface area contributed by atoms with Gasteiger partial charge in [0.05, 0.1) is 0 Å². The van der Waals surface area contributed by atoms with Gasteiger partial charge in [-0.2, -0.15) is 13.2 Å². The molecule has 0 aliphatic carbocycles. The number of aromatic nitrogens is 2. The second-order valence-corrected chi connectivity index (χ2v) is 5.50. The fraction of sp³-hybridized carbons (Fsp3) is 0.0588. The zero-order chi connectivity index (χ0) is 18.0. The van der Waals surface area contributed by atoms with Gasteiger partial charge >= 0.3 is 11.9 Å². The average molecular weight is 367 g/mol. The molecular weight excluding hydrogens is 357 g/mol. The Balaban J connectivity index is 1.90. The lowest BCUT2D eigenvalue weighted by atomic mass is 10.2. The maximum absolute atomic E-state index is 12.9. The van der Waals surface area contributed by atoms with Crippen molar-refractivity contribution in [1.29, 1.82) is 0 Å². The largest absolute Gasteiger partial charge is 0.457 e. The minimum atomic E-state index is -4.70. The summed E-state index contributed by atoms with van der Waals surface area (Å²) >= 11 is 5.92. The van der Waals surface area contributed by atoms with Gasteiger partial charge < -0.3 is 9.40 Å². The summed E-state index contributed by atoms with van der Waals surface area (Å²) in [5.74, 6) is 0.868. The number of furan rings is 1. The van der Waals surface area contributed by atoms with E-state index in [0.717, 1.165) is 11.8 Å². The van der Waals surface area contributed by atoms with E-state index < -0.39 is 17.6 Å². The quantitative estimate of drug-likeness (QED) is 0.719. The van der Waals surface area contributed by atoms with Crippen LogP contribution in [0.15, 0.2) is 51.8 Å². The molecule has 8 heteroatoms. The van der Waals surface area contributed by atoms with Crippen molar-refractivity contribution in [1.82, 2.24) is 9.97 Å². The van der Waals surface area contributed by atoms with E-state index in [0.29, 0.717) is 16.5 Å². The van der Waals surface area contributed by atoms with Crippen LogP contribution in [-0.2, 0) is 6.18 Å². The van der Waals surface area contributed by atoms with Crippen LogP contribution in [0.3, 0.4) is 0 Å². The fourth-order valence-corrected chi connectivity index (χ4v) is 2.37. The van der Waals surface area contributed by atoms with Gasteiger partial charge in [0.2, 0.25) is 0 Å². The van der Waals surface area contributed by atoms with Crippen molar-refractivity contribution in [2.75, 3.05) is 0 Å². The number of rotatable bonds is 3. The molecule has 0 fully saturated rings. The highest BCUT2D eigenvalue weighted by molar-refractivity contribution is 6.30. The lowest BCUT2D eigenvalue weighted by Gasteiger charge is -2.08. The third kappa shape index (κ3) is 4.00. The number of benzene rings is 1. The first-order chi connectivity index (χ1) is 11.8. The Morgan fingerprint density at radius 1 is 1.16 bits per heavy atom. The van der Waals surface area contributed by atoms with E-state index >= 15 is 0 Å². The minimum Gasteiger partial charge on any atom is -0.457 e. The Morgan fingerprint density at radius 3 is 2.68 bits per heavy atom. The minimum absolute atomic E-state index is 0.271. The molecule has 25 heavy (non-hydrogen) atoms. The number of hydrogen-bond donors (Lipinski definition) is 1. The van der Waals surface area contributed by atoms with E-state index in [9.17, 15) is 18.0 Å². The van der Waals surface area contributed by atoms with Crippen molar-refractivity contribution in [3.8, 4) is 11.3 Å². The van der Waals surface area contributed by atoms with E-state index in [1.165, 1.54) is 12.2 Å². The Morgan fingerprint density at radius 2 is 1.96 bits per heavy atom. The molecule has 0 amide bonds. The maximum atomic E-state index is 12.9. The standard InChI is InChI=1S/C17H10ClF3N2O2/c18-12-3-1-2-10(8-12)14-7-6-13(25-14)5-4-11-9-22-16(24)23-15(11)17(19,20)21/h1-9H,(H,22,23,24). The van der Waals surface area contributed by atoms with Crippen molar-refractivity contribution < 1.29 is 17.6 Å². The van der Waals surface area contributed by atoms with Crippen LogP contribution in [-0.4, -0.2) is 9.97 Å². The van der Waals surface area contributed by atoms with Crippen molar-refractivity contribution in [3.05, 3.63) is 75.1 Å². The molecule has 0 aliphatic rings. The third-order valence-corrected chi connectivity index (χ3v) is 3.52. The van der Waals surface area contributed by atoms with Gasteiger partial charge in [0.25, 0.3) is 0 Å². The highest BCUT2D eigenvalue weighted by Gasteiger charge is 2.34. The predicted octanol–water partition coefficient (Wildman–Crippen LogP) is 4.87. The smallest absolute Gasteiger partial charge is 0.432 e. The normalized spacial score (nSPS) is 12.0. The van der Waals surface area contributed by atoms with E-state index in [1.54, 1.807) is 41.4 Å². The summed E-state index contributed by atoms with van der Waals surface area (Å²) in [6, 6.07) is 10.3. The Labute approximate surface area is 144 Å². The molecule has 2 heterocycles. The number of nitrogens with one attached hydrogen (secondary N) is 1. The Kier molecular flexibility index (Phi) is 4.50. The monoisotopic (exact) mass is 366 g/mol. The molecule has 0 spiro atoms. The van der Waals surface area contributed by atoms with Crippen molar-refractivity contribution in [2.45, 2.75) is 6.18 Å². The van der Waals surface area contributed by atoms with E-state index in [4.69, 9.17) is 16.0 Å². The summed E-state index contributed by atoms with van der Waals surface area (Å²) in [4.78, 5) is 16.1. The summed E-state index contributed by atoms with van der Waals surface area (Å²) in [6.45, 7) is 0. The highest BCUT2D eigenvalue weighted by atomic mass is 35.5. The lowest BCUT2D eigenvalue weighted by Crippen LogP contribution is -2.20. The molecule has 3 rings (SSSR count). The van der Waals surface area contributed by atoms with E-state index in [-0.39, 0.29) is 5.56 Å². The number of halogens is 4. The Bertz CT molecular complexity index is 990. The molecule has 0 atom stereocenters. The number of H-pyrrole nitrogens is 1. The highest BCUT2D eigenvalue weighted by Crippen LogP contribution is 2.30. The zero-order valence-corrected chi connectivity index (χ0v) is 13.2. The van der Waals surface area contributed by atoms with Gasteiger partial charge in [-0.05, 0) is 36.4 Å². The molecule has 128 valence electrons. The van der Waals surface area contributed by atoms with Crippen LogP contribution in [0.2, 0.25) is 5.02 Å². The topological polar surface area (TPSA) is 58.9 Å². The first kappa shape index (κ1) is 17.0. The molecular formula is C17H10ClF3N2O2. The van der Waals surface area contributed by atoms with E-state index in [1.807, 2.05) is 0 Å². The number of aromatic amines is 1. The van der Waals surface area contributed by atoms with Gasteiger partial charge in [0.15, 0.2) is 0 Å². The number of nitrogens with zero attached hydrogens (tertiary/aromatic N) is 1. The number of alkyl halides is 3. The molecule has 0 unspecified atom stereocenters. The number of hydrogen-bond acceptors (Lipinski definition) is 3. The molecule has 0 saturated carbocycles. The first-order valence-electron chi connectivity index (χ1n) is 7.03. The zero-order valence-electron chi connectivity index (χ0n) is 12.5. The predicted molar refractivity (Wildman–Crippen MR) is 87.9 cm³/mol. The first-order valence-corrected chi connectivity index (χ1v) is 7.41. The van der Waals surface area contributed by atoms with Crippen molar-refractivity contribution in [3.63, 3.8) is 0 Å². The van der Waals surface area contributed by atoms with Gasteiger partial charge in [-0.25, -0.2) is 9.78 Å². The third-order valence-electron chi connectivity index (χ3n) is 3.29. The van der Waals surface area contributed by atoms with Crippen LogP contribution in [0.4, 0.5) is 13.2 Å². The van der Waals surface area contributed by atoms with Gasteiger partial charge in [-0.3, -0.25) is 0 Å². The van der Waals surface area contributed by atoms with E-state index in [2.05, 4.69) is 4.98 Å². The van der Waals surface area contributed by atoms with Crippen LogP contribution in [0.25, 0.3) is 23.5 Å². The van der Waals surface area contributed by atoms with Crippen LogP contribution in [0.5, 0.6) is 0 Å². The molecule has 2 aromatic heterocycles. The van der Waals surface area contributed by atoms with Crippen LogP contribution in [0, 0.1) is 0 Å². The molecule has 0 bridgehead atoms. The van der Waals surface area contributed by atoms with Gasteiger partial charge in [-0.1, -0.05) is 23.7 Å². The molecule has 4 nitrogen and oxygen atoms in total. The lowest BCUT2D eigenvalue weighted by molar-refractivity contribution is -0.141. The van der Waals surface area contributed by atoms with Crippen LogP contribution in [0.1, 0.15) is 17.0 Å². The summed E-state index contributed by atoms with van der Waals surface area (Å²) < 4.78 is 44.4. The molecule has 3 aromatic rings. The second-order valence-electron chi connectivity index (χ2n) is 5.06.